The molecule has 10 heteroatoms. The van der Waals surface area contributed by atoms with Crippen molar-refractivity contribution >= 4 is 5.91 Å². The van der Waals surface area contributed by atoms with Crippen LogP contribution in [0.25, 0.3) is 17.2 Å². The van der Waals surface area contributed by atoms with Gasteiger partial charge in [-0.25, -0.2) is 14.6 Å². The number of nitrogens with zero attached hydrogens (tertiary/aromatic N) is 5. The minimum absolute atomic E-state index is 0.215. The van der Waals surface area contributed by atoms with Crippen LogP contribution in [-0.2, 0) is 6.54 Å². The molecule has 166 valence electrons. The standard InChI is InChI=1S/C23H20N6O4/c1-13-8-16(33-28-13)10-25-22(30)17-11-26-29(21(17)14-2-3-14)23-24-7-6-18(27-23)15-4-5-19-20(9-15)32-12-31-19/h4-9,11,14H,2-3,10,12H2,1H3,(H,25,30). The van der Waals surface area contributed by atoms with Gasteiger partial charge in [-0.2, -0.15) is 5.10 Å². The van der Waals surface area contributed by atoms with Gasteiger partial charge in [-0.15, -0.1) is 0 Å². The molecular weight excluding hydrogens is 424 g/mol. The number of aromatic nitrogens is 5. The molecular formula is C23H20N6O4. The maximum atomic E-state index is 12.9. The van der Waals surface area contributed by atoms with E-state index in [1.54, 1.807) is 23.1 Å². The fraction of sp³-hybridized carbons (Fsp3) is 0.261. The minimum Gasteiger partial charge on any atom is -0.454 e. The van der Waals surface area contributed by atoms with Crippen molar-refractivity contribution in [3.63, 3.8) is 0 Å². The van der Waals surface area contributed by atoms with E-state index in [0.29, 0.717) is 28.8 Å². The van der Waals surface area contributed by atoms with E-state index >= 15 is 0 Å². The zero-order valence-corrected chi connectivity index (χ0v) is 17.8. The van der Waals surface area contributed by atoms with Gasteiger partial charge in [0.15, 0.2) is 17.3 Å². The van der Waals surface area contributed by atoms with Gasteiger partial charge in [0.2, 0.25) is 6.79 Å². The molecule has 3 aromatic heterocycles. The SMILES string of the molecule is Cc1cc(CNC(=O)c2cnn(-c3nccc(-c4ccc5c(c4)OCO5)n3)c2C2CC2)on1. The third-order valence-electron chi connectivity index (χ3n) is 5.62. The molecule has 0 radical (unpaired) electrons. The number of aryl methyl sites for hydroxylation is 1. The van der Waals surface area contributed by atoms with E-state index in [4.69, 9.17) is 19.0 Å². The highest BCUT2D eigenvalue weighted by molar-refractivity contribution is 5.95. The Kier molecular flexibility index (Phi) is 4.56. The van der Waals surface area contributed by atoms with Gasteiger partial charge in [0, 0.05) is 23.7 Å². The zero-order valence-electron chi connectivity index (χ0n) is 17.8. The Morgan fingerprint density at radius 2 is 2.06 bits per heavy atom. The van der Waals surface area contributed by atoms with E-state index in [-0.39, 0.29) is 25.2 Å². The van der Waals surface area contributed by atoms with Gasteiger partial charge in [-0.05, 0) is 44.0 Å². The zero-order chi connectivity index (χ0) is 22.4. The molecule has 0 bridgehead atoms. The van der Waals surface area contributed by atoms with E-state index in [0.717, 1.165) is 35.5 Å². The van der Waals surface area contributed by atoms with Crippen molar-refractivity contribution in [2.75, 3.05) is 6.79 Å². The average Bonchev–Trinajstić information content (AvgIpc) is 3.22. The summed E-state index contributed by atoms with van der Waals surface area (Å²) in [6.07, 6.45) is 5.25. The predicted octanol–water partition coefficient (Wildman–Crippen LogP) is 3.16. The molecule has 1 fully saturated rings. The van der Waals surface area contributed by atoms with Crippen LogP contribution in [0.4, 0.5) is 0 Å². The van der Waals surface area contributed by atoms with Crippen LogP contribution in [0.1, 0.15) is 46.3 Å². The Labute approximate surface area is 188 Å². The van der Waals surface area contributed by atoms with Crippen LogP contribution in [0.5, 0.6) is 11.5 Å². The first-order valence-electron chi connectivity index (χ1n) is 10.7. The lowest BCUT2D eigenvalue weighted by atomic mass is 10.1. The summed E-state index contributed by atoms with van der Waals surface area (Å²) in [6.45, 7) is 2.31. The minimum atomic E-state index is -0.218. The van der Waals surface area contributed by atoms with Crippen LogP contribution < -0.4 is 14.8 Å². The highest BCUT2D eigenvalue weighted by Gasteiger charge is 2.33. The topological polar surface area (TPSA) is 117 Å². The predicted molar refractivity (Wildman–Crippen MR) is 115 cm³/mol. The monoisotopic (exact) mass is 444 g/mol. The lowest BCUT2D eigenvalue weighted by Gasteiger charge is -2.09. The summed E-state index contributed by atoms with van der Waals surface area (Å²) in [7, 11) is 0. The molecule has 33 heavy (non-hydrogen) atoms. The van der Waals surface area contributed by atoms with Crippen molar-refractivity contribution in [1.82, 2.24) is 30.2 Å². The lowest BCUT2D eigenvalue weighted by Crippen LogP contribution is -2.23. The number of ether oxygens (including phenoxy) is 2. The second kappa shape index (κ2) is 7.73. The summed E-state index contributed by atoms with van der Waals surface area (Å²) in [5, 5.41) is 11.2. The summed E-state index contributed by atoms with van der Waals surface area (Å²) < 4.78 is 17.7. The van der Waals surface area contributed by atoms with Gasteiger partial charge >= 0.3 is 0 Å². The molecule has 6 rings (SSSR count). The smallest absolute Gasteiger partial charge is 0.255 e. The Balaban J connectivity index is 1.30. The molecule has 1 N–H and O–H groups in total. The first kappa shape index (κ1) is 19.5. The lowest BCUT2D eigenvalue weighted by molar-refractivity contribution is 0.0946. The summed E-state index contributed by atoms with van der Waals surface area (Å²) in [5.74, 6) is 2.44. The molecule has 4 aromatic rings. The van der Waals surface area contributed by atoms with Crippen molar-refractivity contribution in [1.29, 1.82) is 0 Å². The number of hydrogen-bond acceptors (Lipinski definition) is 8. The average molecular weight is 444 g/mol. The molecule has 1 aliphatic heterocycles. The number of amides is 1. The highest BCUT2D eigenvalue weighted by atomic mass is 16.7. The molecule has 1 amide bonds. The van der Waals surface area contributed by atoms with Gasteiger partial charge in [0.05, 0.1) is 35.4 Å². The Hall–Kier alpha value is -4.21. The molecule has 0 atom stereocenters. The van der Waals surface area contributed by atoms with Crippen molar-refractivity contribution in [3.05, 3.63) is 65.4 Å². The largest absolute Gasteiger partial charge is 0.454 e. The molecule has 0 spiro atoms. The second-order valence-electron chi connectivity index (χ2n) is 8.06. The first-order valence-corrected chi connectivity index (χ1v) is 10.7. The van der Waals surface area contributed by atoms with Crippen molar-refractivity contribution in [2.24, 2.45) is 0 Å². The Bertz CT molecular complexity index is 1360. The third kappa shape index (κ3) is 3.69. The van der Waals surface area contributed by atoms with Gasteiger partial charge in [-0.3, -0.25) is 4.79 Å². The molecule has 1 aliphatic carbocycles. The number of hydrogen-bond donors (Lipinski definition) is 1. The van der Waals surface area contributed by atoms with Crippen LogP contribution in [0.2, 0.25) is 0 Å². The van der Waals surface area contributed by atoms with Crippen LogP contribution in [0, 0.1) is 6.92 Å². The van der Waals surface area contributed by atoms with E-state index in [1.165, 1.54) is 0 Å². The van der Waals surface area contributed by atoms with E-state index in [1.807, 2.05) is 31.2 Å². The summed E-state index contributed by atoms with van der Waals surface area (Å²) in [5.41, 5.74) is 3.71. The maximum absolute atomic E-state index is 12.9. The summed E-state index contributed by atoms with van der Waals surface area (Å²) >= 11 is 0. The fourth-order valence-corrected chi connectivity index (χ4v) is 3.87. The molecule has 0 saturated heterocycles. The summed E-state index contributed by atoms with van der Waals surface area (Å²) in [4.78, 5) is 22.1. The molecule has 1 aromatic carbocycles. The Morgan fingerprint density at radius 1 is 1.18 bits per heavy atom. The van der Waals surface area contributed by atoms with Crippen molar-refractivity contribution < 1.29 is 18.8 Å². The highest BCUT2D eigenvalue weighted by Crippen LogP contribution is 2.42. The van der Waals surface area contributed by atoms with Crippen molar-refractivity contribution in [2.45, 2.75) is 32.2 Å². The fourth-order valence-electron chi connectivity index (χ4n) is 3.87. The molecule has 4 heterocycles. The van der Waals surface area contributed by atoms with Gasteiger partial charge in [0.25, 0.3) is 11.9 Å². The third-order valence-corrected chi connectivity index (χ3v) is 5.62. The van der Waals surface area contributed by atoms with E-state index < -0.39 is 0 Å². The number of carbonyl (C=O) groups is 1. The van der Waals surface area contributed by atoms with E-state index in [9.17, 15) is 4.79 Å². The van der Waals surface area contributed by atoms with Crippen LogP contribution in [0.3, 0.4) is 0 Å². The van der Waals surface area contributed by atoms with Crippen LogP contribution in [0.15, 0.2) is 47.2 Å². The molecule has 2 aliphatic rings. The van der Waals surface area contributed by atoms with Gasteiger partial charge in [0.1, 0.15) is 0 Å². The normalized spacial score (nSPS) is 14.5. The van der Waals surface area contributed by atoms with Crippen LogP contribution in [-0.4, -0.2) is 37.6 Å². The number of fused-ring (bicyclic) bond motifs is 1. The molecule has 10 nitrogen and oxygen atoms in total. The maximum Gasteiger partial charge on any atom is 0.255 e. The van der Waals surface area contributed by atoms with Crippen LogP contribution >= 0.6 is 0 Å². The van der Waals surface area contributed by atoms with Crippen molar-refractivity contribution in [3.8, 4) is 28.7 Å². The van der Waals surface area contributed by atoms with Gasteiger partial charge < -0.3 is 19.3 Å². The van der Waals surface area contributed by atoms with Gasteiger partial charge in [-0.1, -0.05) is 5.16 Å². The number of benzene rings is 1. The molecule has 1 saturated carbocycles. The second-order valence-corrected chi connectivity index (χ2v) is 8.06. The van der Waals surface area contributed by atoms with E-state index in [2.05, 4.69) is 20.6 Å². The Morgan fingerprint density at radius 3 is 2.88 bits per heavy atom. The molecule has 0 unspecified atom stereocenters. The first-order chi connectivity index (χ1) is 16.2. The summed E-state index contributed by atoms with van der Waals surface area (Å²) in [6, 6.07) is 9.30. The number of rotatable bonds is 6. The quantitative estimate of drug-likeness (QED) is 0.482. The number of carbonyl (C=O) groups excluding carboxylic acids is 1. The number of nitrogens with one attached hydrogen (secondary N) is 1.